The first kappa shape index (κ1) is 77.5. The van der Waals surface area contributed by atoms with Gasteiger partial charge in [0.1, 0.15) is 11.6 Å². The van der Waals surface area contributed by atoms with Gasteiger partial charge in [-0.2, -0.15) is 0 Å². The van der Waals surface area contributed by atoms with Crippen molar-refractivity contribution in [3.8, 4) is 5.75 Å². The molecule has 0 saturated carbocycles. The zero-order valence-electron chi connectivity index (χ0n) is 57.2. The van der Waals surface area contributed by atoms with Crippen LogP contribution in [-0.4, -0.2) is 81.1 Å². The van der Waals surface area contributed by atoms with Gasteiger partial charge in [-0.25, -0.2) is 4.39 Å². The summed E-state index contributed by atoms with van der Waals surface area (Å²) in [6.45, 7) is 31.1. The molecule has 6 aromatic carbocycles. The lowest BCUT2D eigenvalue weighted by Gasteiger charge is -2.17. The summed E-state index contributed by atoms with van der Waals surface area (Å²) >= 11 is 19.2. The first-order valence-corrected chi connectivity index (χ1v) is 37.6. The monoisotopic (exact) mass is 1500 g/mol. The molecule has 0 N–H and O–H groups in total. The van der Waals surface area contributed by atoms with Crippen molar-refractivity contribution in [2.24, 2.45) is 0 Å². The van der Waals surface area contributed by atoms with Gasteiger partial charge < -0.3 is 34.1 Å². The van der Waals surface area contributed by atoms with Gasteiger partial charge in [0.05, 0.1) is 76.3 Å². The second kappa shape index (κ2) is 36.3. The van der Waals surface area contributed by atoms with Crippen molar-refractivity contribution < 1.29 is 37.9 Å². The summed E-state index contributed by atoms with van der Waals surface area (Å²) < 4.78 is 19.5. The van der Waals surface area contributed by atoms with E-state index in [-0.39, 0.29) is 40.5 Å². The largest absolute Gasteiger partial charge is 0.495 e. The summed E-state index contributed by atoms with van der Waals surface area (Å²) in [5.74, 6) is 1.05. The molecule has 0 unspecified atom stereocenters. The maximum absolute atomic E-state index is 13.1. The molecule has 22 heteroatoms. The molecule has 0 aromatic heterocycles. The third-order valence-corrected chi connectivity index (χ3v) is 22.1. The highest BCUT2D eigenvalue weighted by Crippen LogP contribution is 2.52. The Kier molecular flexibility index (Phi) is 29.0. The van der Waals surface area contributed by atoms with E-state index in [1.54, 1.807) is 143 Å². The summed E-state index contributed by atoms with van der Waals surface area (Å²) in [4.78, 5) is 86.6. The van der Waals surface area contributed by atoms with Crippen LogP contribution in [0.4, 0.5) is 38.5 Å². The summed E-state index contributed by atoms with van der Waals surface area (Å²) in [6.07, 6.45) is 10.1. The molecule has 0 atom stereocenters. The Labute approximate surface area is 610 Å². The van der Waals surface area contributed by atoms with Gasteiger partial charge in [0.15, 0.2) is 34.7 Å². The van der Waals surface area contributed by atoms with E-state index in [9.17, 15) is 33.2 Å². The van der Waals surface area contributed by atoms with Crippen LogP contribution in [0.1, 0.15) is 94.2 Å². The van der Waals surface area contributed by atoms with Crippen LogP contribution in [0, 0.1) is 19.7 Å². The van der Waals surface area contributed by atoms with Gasteiger partial charge in [-0.15, -0.1) is 0 Å². The molecule has 0 amide bonds. The summed E-state index contributed by atoms with van der Waals surface area (Å²) in [5, 5.41) is 6.64. The van der Waals surface area contributed by atoms with E-state index < -0.39 is 0 Å². The minimum Gasteiger partial charge on any atom is -0.495 e. The number of allylic oxidation sites excluding steroid dienone is 6. The smallest absolute Gasteiger partial charge is 0.155 e. The lowest BCUT2D eigenvalue weighted by molar-refractivity contribution is -0.113. The van der Waals surface area contributed by atoms with Crippen LogP contribution in [0.2, 0.25) is 5.02 Å². The molecule has 510 valence electrons. The molecule has 97 heavy (non-hydrogen) atoms. The molecule has 6 aromatic rings. The molecule has 0 aliphatic carbocycles. The van der Waals surface area contributed by atoms with Gasteiger partial charge in [-0.3, -0.25) is 28.8 Å². The summed E-state index contributed by atoms with van der Waals surface area (Å²) in [7, 11) is 1.67. The Bertz CT molecular complexity index is 3810. The molecule has 0 radical (unpaired) electrons. The highest BCUT2D eigenvalue weighted by molar-refractivity contribution is 9.10. The fraction of sp³-hybridized carbons (Fsp3) is 0.280. The number of benzene rings is 6. The van der Waals surface area contributed by atoms with E-state index in [1.165, 1.54) is 73.7 Å². The highest BCUT2D eigenvalue weighted by atomic mass is 79.9. The van der Waals surface area contributed by atoms with Crippen LogP contribution in [0.5, 0.6) is 5.75 Å². The number of aryl methyl sites for hydroxylation is 2. The van der Waals surface area contributed by atoms with Crippen LogP contribution in [-0.2, 0) is 28.8 Å². The number of halogens is 3. The molecule has 0 spiro atoms. The molecule has 0 saturated heterocycles. The average Bonchev–Trinajstić information content (AvgIpc) is 1.71. The van der Waals surface area contributed by atoms with Crippen molar-refractivity contribution in [3.05, 3.63) is 202 Å². The Balaban J connectivity index is 0.000000164. The SMILES string of the molecule is CCN1/C(=C/C(C)=O)Sc2c(OC)cccc21.CCN1/C(=C/C(C)=O)Sc2cc(C)ccc21.CCN1/C(=C/C(C)=O)Sc2ccc(Br)cc21.CCN1/C(=C/C(C)=O)Sc2ccc(C)cc21.CCN1/C(=C/C(C)=O)Sc2ccc(Cl)cc21.CCN1/C(=C/C(C)=O)Sc2ccc(F)cc21. The van der Waals surface area contributed by atoms with E-state index in [4.69, 9.17) is 16.3 Å². The number of rotatable bonds is 13. The number of ketones is 6. The van der Waals surface area contributed by atoms with E-state index in [1.807, 2.05) is 48.2 Å². The number of fused-ring (bicyclic) bond motifs is 6. The number of hydrogen-bond acceptors (Lipinski definition) is 19. The van der Waals surface area contributed by atoms with Gasteiger partial charge in [0, 0.05) is 110 Å². The topological polar surface area (TPSA) is 131 Å². The first-order valence-electron chi connectivity index (χ1n) is 31.6. The fourth-order valence-corrected chi connectivity index (χ4v) is 18.5. The van der Waals surface area contributed by atoms with Crippen LogP contribution in [0.15, 0.2) is 210 Å². The van der Waals surface area contributed by atoms with Crippen LogP contribution < -0.4 is 34.1 Å². The van der Waals surface area contributed by atoms with Crippen molar-refractivity contribution in [2.45, 2.75) is 126 Å². The third kappa shape index (κ3) is 20.4. The van der Waals surface area contributed by atoms with E-state index in [2.05, 4.69) is 143 Å². The molecule has 12 rings (SSSR count). The number of carbonyl (C=O) groups is 6. The Morgan fingerprint density at radius 2 is 0.742 bits per heavy atom. The number of ether oxygens (including phenoxy) is 1. The summed E-state index contributed by atoms with van der Waals surface area (Å²) in [6, 6.07) is 35.5. The number of anilines is 6. The molecule has 0 fully saturated rings. The average molecular weight is 1510 g/mol. The molecule has 6 aliphatic heterocycles. The predicted octanol–water partition coefficient (Wildman–Crippen LogP) is 20.5. The van der Waals surface area contributed by atoms with Crippen LogP contribution in [0.25, 0.3) is 0 Å². The van der Waals surface area contributed by atoms with Gasteiger partial charge in [-0.1, -0.05) is 116 Å². The molecular formula is C75H81BrClFN6O7S6. The lowest BCUT2D eigenvalue weighted by atomic mass is 10.2. The Morgan fingerprint density at radius 1 is 0.402 bits per heavy atom. The fourth-order valence-electron chi connectivity index (χ4n) is 10.5. The van der Waals surface area contributed by atoms with Gasteiger partial charge in [-0.05, 0) is 199 Å². The number of hydrogen-bond donors (Lipinski definition) is 0. The summed E-state index contributed by atoms with van der Waals surface area (Å²) in [5.41, 5.74) is 9.17. The van der Waals surface area contributed by atoms with Crippen molar-refractivity contribution in [3.63, 3.8) is 0 Å². The molecule has 6 aliphatic rings. The maximum Gasteiger partial charge on any atom is 0.155 e. The standard InChI is InChI=1S/C13H15NO2S.2C13H15NOS.C12H12BrNOS.C12H12ClNOS.C12H12FNOS/c1-4-14-10-6-5-7-11(16-3)13(10)17-12(14)8-9(2)15;1-4-14-11-7-9(2)5-6-12(11)16-13(14)8-10(3)15;1-4-14-11-6-5-9(2)7-12(11)16-13(14)8-10(3)15;3*1-3-14-10-7-9(13)4-5-11(10)16-12(14)6-8(2)15/h5-8H,4H2,1-3H3;2*5-8H,4H2,1-3H3;3*4-7H,3H2,1-2H3/b12-8-;2*13-8-;3*12-6-. The first-order chi connectivity index (χ1) is 46.2. The second-order valence-electron chi connectivity index (χ2n) is 22.2. The minimum atomic E-state index is -0.248. The predicted molar refractivity (Wildman–Crippen MR) is 413 cm³/mol. The van der Waals surface area contributed by atoms with Crippen LogP contribution >= 0.6 is 98.1 Å². The quantitative estimate of drug-likeness (QED) is 0.102. The zero-order valence-corrected chi connectivity index (χ0v) is 64.5. The lowest BCUT2D eigenvalue weighted by Crippen LogP contribution is -2.17. The van der Waals surface area contributed by atoms with Crippen molar-refractivity contribution in [2.75, 3.05) is 75.8 Å². The molecule has 6 heterocycles. The maximum atomic E-state index is 13.1. The zero-order chi connectivity index (χ0) is 70.9. The van der Waals surface area contributed by atoms with Crippen molar-refractivity contribution in [1.82, 2.24) is 0 Å². The highest BCUT2D eigenvalue weighted by Gasteiger charge is 2.30. The Morgan fingerprint density at radius 3 is 1.18 bits per heavy atom. The van der Waals surface area contributed by atoms with Crippen molar-refractivity contribution >= 4 is 167 Å². The number of carbonyl (C=O) groups excluding carboxylic acids is 6. The minimum absolute atomic E-state index is 0.00854. The van der Waals surface area contributed by atoms with E-state index in [0.29, 0.717) is 0 Å². The molecular weight excluding hydrogens is 1420 g/mol. The van der Waals surface area contributed by atoms with Crippen LogP contribution in [0.3, 0.4) is 0 Å². The third-order valence-electron chi connectivity index (χ3n) is 14.6. The van der Waals surface area contributed by atoms with Gasteiger partial charge in [0.2, 0.25) is 0 Å². The molecule has 13 nitrogen and oxygen atoms in total. The Hall–Kier alpha value is -6.82. The molecule has 0 bridgehead atoms. The second-order valence-corrected chi connectivity index (χ2v) is 29.9. The normalized spacial score (nSPS) is 16.6. The van der Waals surface area contributed by atoms with E-state index in [0.717, 1.165) is 116 Å². The number of methoxy groups -OCH3 is 1. The van der Waals surface area contributed by atoms with Gasteiger partial charge >= 0.3 is 0 Å². The van der Waals surface area contributed by atoms with Crippen molar-refractivity contribution in [1.29, 1.82) is 0 Å². The van der Waals surface area contributed by atoms with Gasteiger partial charge in [0.25, 0.3) is 0 Å². The number of nitrogens with zero attached hydrogens (tertiary/aromatic N) is 6. The number of thioether (sulfide) groups is 6. The van der Waals surface area contributed by atoms with E-state index >= 15 is 0 Å².